The molecule has 4 heterocycles. The van der Waals surface area contributed by atoms with Crippen molar-refractivity contribution in [2.24, 2.45) is 0 Å². The molecular weight excluding hydrogens is 615 g/mol. The Hall–Kier alpha value is -6.92. The van der Waals surface area contributed by atoms with Gasteiger partial charge < -0.3 is 4.42 Å². The van der Waals surface area contributed by atoms with Gasteiger partial charge in [-0.25, -0.2) is 19.9 Å². The van der Waals surface area contributed by atoms with Crippen LogP contribution in [0.5, 0.6) is 0 Å². The average molecular weight is 642 g/mol. The summed E-state index contributed by atoms with van der Waals surface area (Å²) in [6, 6.07) is 53.7. The smallest absolute Gasteiger partial charge is 0.165 e. The fourth-order valence-corrected chi connectivity index (χ4v) is 7.08. The highest BCUT2D eigenvalue weighted by Gasteiger charge is 2.20. The number of aromatic nitrogens is 5. The molecule has 0 spiro atoms. The number of nitrogens with zero attached hydrogens (tertiary/aromatic N) is 5. The van der Waals surface area contributed by atoms with Crippen molar-refractivity contribution in [3.05, 3.63) is 164 Å². The highest BCUT2D eigenvalue weighted by atomic mass is 16.3. The first kappa shape index (κ1) is 28.1. The van der Waals surface area contributed by atoms with Gasteiger partial charge in [0.05, 0.1) is 11.0 Å². The van der Waals surface area contributed by atoms with Crippen LogP contribution in [0.3, 0.4) is 0 Å². The molecule has 0 saturated carbocycles. The van der Waals surface area contributed by atoms with Gasteiger partial charge in [-0.05, 0) is 47.5 Å². The van der Waals surface area contributed by atoms with Crippen LogP contribution in [0.25, 0.3) is 94.9 Å². The number of rotatable bonds is 5. The topological polar surface area (TPSA) is 69.6 Å². The Morgan fingerprint density at radius 2 is 0.960 bits per heavy atom. The van der Waals surface area contributed by atoms with Crippen LogP contribution in [0.15, 0.2) is 168 Å². The Morgan fingerprint density at radius 3 is 1.66 bits per heavy atom. The van der Waals surface area contributed by atoms with Crippen LogP contribution in [-0.2, 0) is 0 Å². The normalized spacial score (nSPS) is 11.6. The first-order valence-corrected chi connectivity index (χ1v) is 16.6. The quantitative estimate of drug-likeness (QED) is 0.187. The number of hydrogen-bond donors (Lipinski definition) is 0. The molecule has 0 aliphatic carbocycles. The Balaban J connectivity index is 1.14. The molecule has 0 saturated heterocycles. The molecule has 234 valence electrons. The number of benzene rings is 6. The van der Waals surface area contributed by atoms with Gasteiger partial charge in [0.15, 0.2) is 17.5 Å². The molecule has 0 amide bonds. The van der Waals surface area contributed by atoms with E-state index < -0.39 is 0 Å². The van der Waals surface area contributed by atoms with Crippen LogP contribution >= 0.6 is 0 Å². The molecule has 6 aromatic carbocycles. The maximum absolute atomic E-state index is 6.27. The summed E-state index contributed by atoms with van der Waals surface area (Å²) in [7, 11) is 0. The summed E-state index contributed by atoms with van der Waals surface area (Å²) in [5, 5.41) is 4.56. The maximum atomic E-state index is 6.27. The van der Waals surface area contributed by atoms with Crippen LogP contribution < -0.4 is 0 Å². The lowest BCUT2D eigenvalue weighted by molar-refractivity contribution is 0.669. The molecule has 0 radical (unpaired) electrons. The summed E-state index contributed by atoms with van der Waals surface area (Å²) >= 11 is 0. The van der Waals surface area contributed by atoms with Gasteiger partial charge in [0, 0.05) is 44.4 Å². The van der Waals surface area contributed by atoms with Gasteiger partial charge in [0.25, 0.3) is 0 Å². The number of hydrogen-bond acceptors (Lipinski definition) is 5. The van der Waals surface area contributed by atoms with E-state index in [9.17, 15) is 0 Å². The molecule has 4 aromatic heterocycles. The van der Waals surface area contributed by atoms with Crippen molar-refractivity contribution in [2.45, 2.75) is 0 Å². The highest BCUT2D eigenvalue weighted by Crippen LogP contribution is 2.43. The molecule has 0 bridgehead atoms. The average Bonchev–Trinajstić information content (AvgIpc) is 3.75. The molecule has 0 atom stereocenters. The zero-order valence-corrected chi connectivity index (χ0v) is 26.7. The van der Waals surface area contributed by atoms with E-state index in [0.717, 1.165) is 72.0 Å². The molecule has 0 unspecified atom stereocenters. The van der Waals surface area contributed by atoms with Crippen LogP contribution in [-0.4, -0.2) is 24.5 Å². The summed E-state index contributed by atoms with van der Waals surface area (Å²) < 4.78 is 8.51. The van der Waals surface area contributed by atoms with Crippen molar-refractivity contribution in [1.29, 1.82) is 0 Å². The first-order valence-electron chi connectivity index (χ1n) is 16.6. The summed E-state index contributed by atoms with van der Waals surface area (Å²) in [6.45, 7) is 0. The molecule has 6 heteroatoms. The molecule has 0 aliphatic heterocycles. The van der Waals surface area contributed by atoms with E-state index >= 15 is 0 Å². The minimum absolute atomic E-state index is 0.571. The molecule has 10 aromatic rings. The van der Waals surface area contributed by atoms with E-state index in [2.05, 4.69) is 71.3 Å². The highest BCUT2D eigenvalue weighted by molar-refractivity contribution is 6.20. The third kappa shape index (κ3) is 4.50. The fourth-order valence-electron chi connectivity index (χ4n) is 7.08. The molecule has 6 nitrogen and oxygen atoms in total. The first-order chi connectivity index (χ1) is 24.8. The van der Waals surface area contributed by atoms with Gasteiger partial charge in [-0.2, -0.15) is 0 Å². The Labute approximate surface area is 287 Å². The largest absolute Gasteiger partial charge is 0.456 e. The second-order valence-corrected chi connectivity index (χ2v) is 12.3. The van der Waals surface area contributed by atoms with Crippen molar-refractivity contribution in [1.82, 2.24) is 24.5 Å². The standard InChI is InChI=1S/C44H27N5O/c1-3-13-28(14-4-1)42-46-43(29-15-5-2-6-16-29)48-44(47-42)30-25-26-39(45-27-30)49-35-21-9-7-17-33(35)40-31(19-11-22-36(40)49)32-20-12-24-38-41(32)34-18-8-10-23-37(34)50-38/h1-27H. The third-order valence-electron chi connectivity index (χ3n) is 9.32. The molecule has 0 fully saturated rings. The van der Waals surface area contributed by atoms with Gasteiger partial charge in [0.2, 0.25) is 0 Å². The Bertz CT molecular complexity index is 2800. The van der Waals surface area contributed by atoms with Gasteiger partial charge in [0.1, 0.15) is 17.0 Å². The lowest BCUT2D eigenvalue weighted by atomic mass is 9.95. The van der Waals surface area contributed by atoms with Gasteiger partial charge in [-0.1, -0.05) is 121 Å². The summed E-state index contributed by atoms with van der Waals surface area (Å²) in [4.78, 5) is 19.7. The van der Waals surface area contributed by atoms with Crippen molar-refractivity contribution in [3.8, 4) is 51.1 Å². The molecular formula is C44H27N5O. The zero-order chi connectivity index (χ0) is 33.0. The molecule has 10 rings (SSSR count). The minimum atomic E-state index is 0.571. The van der Waals surface area contributed by atoms with Gasteiger partial charge in [-0.15, -0.1) is 0 Å². The molecule has 0 aliphatic rings. The molecule has 0 N–H and O–H groups in total. The number of para-hydroxylation sites is 2. The fraction of sp³-hybridized carbons (Fsp3) is 0. The Morgan fingerprint density at radius 1 is 0.400 bits per heavy atom. The second-order valence-electron chi connectivity index (χ2n) is 12.3. The predicted molar refractivity (Wildman–Crippen MR) is 201 cm³/mol. The van der Waals surface area contributed by atoms with E-state index in [1.807, 2.05) is 97.2 Å². The summed E-state index contributed by atoms with van der Waals surface area (Å²) in [5.41, 5.74) is 8.89. The van der Waals surface area contributed by atoms with Gasteiger partial charge in [-0.3, -0.25) is 4.57 Å². The van der Waals surface area contributed by atoms with Crippen LogP contribution in [0.4, 0.5) is 0 Å². The minimum Gasteiger partial charge on any atom is -0.456 e. The monoisotopic (exact) mass is 641 g/mol. The number of furan rings is 1. The molecule has 50 heavy (non-hydrogen) atoms. The lowest BCUT2D eigenvalue weighted by Gasteiger charge is -2.10. The number of pyridine rings is 1. The van der Waals surface area contributed by atoms with Crippen molar-refractivity contribution < 1.29 is 4.42 Å². The lowest BCUT2D eigenvalue weighted by Crippen LogP contribution is -2.01. The van der Waals surface area contributed by atoms with E-state index in [1.165, 1.54) is 5.39 Å². The Kier molecular flexibility index (Phi) is 6.39. The third-order valence-corrected chi connectivity index (χ3v) is 9.32. The number of fused-ring (bicyclic) bond motifs is 6. The van der Waals surface area contributed by atoms with Crippen LogP contribution in [0.2, 0.25) is 0 Å². The SMILES string of the molecule is c1ccc(-c2nc(-c3ccccc3)nc(-c3ccc(-n4c5ccccc5c5c(-c6cccc7oc8ccccc8c67)cccc54)nc3)n2)cc1. The van der Waals surface area contributed by atoms with Gasteiger partial charge >= 0.3 is 0 Å². The summed E-state index contributed by atoms with van der Waals surface area (Å²) in [6.07, 6.45) is 1.86. The van der Waals surface area contributed by atoms with E-state index in [1.54, 1.807) is 0 Å². The van der Waals surface area contributed by atoms with Crippen LogP contribution in [0.1, 0.15) is 0 Å². The van der Waals surface area contributed by atoms with Crippen LogP contribution in [0, 0.1) is 0 Å². The van der Waals surface area contributed by atoms with E-state index in [-0.39, 0.29) is 0 Å². The van der Waals surface area contributed by atoms with Crippen molar-refractivity contribution in [3.63, 3.8) is 0 Å². The summed E-state index contributed by atoms with van der Waals surface area (Å²) in [5.74, 6) is 2.62. The van der Waals surface area contributed by atoms with E-state index in [0.29, 0.717) is 17.5 Å². The maximum Gasteiger partial charge on any atom is 0.165 e. The predicted octanol–water partition coefficient (Wildman–Crippen LogP) is 10.9. The van der Waals surface area contributed by atoms with E-state index in [4.69, 9.17) is 24.4 Å². The second kappa shape index (κ2) is 11.4. The van der Waals surface area contributed by atoms with Crippen molar-refractivity contribution in [2.75, 3.05) is 0 Å². The van der Waals surface area contributed by atoms with Crippen molar-refractivity contribution >= 4 is 43.7 Å². The zero-order valence-electron chi connectivity index (χ0n) is 26.7.